The second kappa shape index (κ2) is 10.0. The quantitative estimate of drug-likeness (QED) is 0.248. The minimum absolute atomic E-state index is 0.769. The minimum atomic E-state index is 0.769. The van der Waals surface area contributed by atoms with Crippen molar-refractivity contribution in [3.8, 4) is 55.6 Å². The van der Waals surface area contributed by atoms with Gasteiger partial charge in [0.15, 0.2) is 0 Å². The van der Waals surface area contributed by atoms with Crippen LogP contribution in [0.1, 0.15) is 0 Å². The lowest BCUT2D eigenvalue weighted by molar-refractivity contribution is 1.53. The molecular formula is C36H27N. The number of para-hydroxylation sites is 1. The van der Waals surface area contributed by atoms with Crippen molar-refractivity contribution in [3.63, 3.8) is 0 Å². The number of benzene rings is 6. The van der Waals surface area contributed by atoms with Crippen LogP contribution in [0.3, 0.4) is 0 Å². The van der Waals surface area contributed by atoms with Gasteiger partial charge in [-0.25, -0.2) is 0 Å². The second-order valence-corrected chi connectivity index (χ2v) is 9.15. The Balaban J connectivity index is 1.86. The molecule has 2 N–H and O–H groups in total. The van der Waals surface area contributed by atoms with Crippen molar-refractivity contribution < 1.29 is 0 Å². The van der Waals surface area contributed by atoms with Gasteiger partial charge in [-0.2, -0.15) is 0 Å². The van der Waals surface area contributed by atoms with Crippen LogP contribution < -0.4 is 5.73 Å². The first-order chi connectivity index (χ1) is 18.3. The van der Waals surface area contributed by atoms with Crippen LogP contribution in [0.4, 0.5) is 5.69 Å². The van der Waals surface area contributed by atoms with Crippen LogP contribution in [0.15, 0.2) is 152 Å². The Morgan fingerprint density at radius 3 is 1.16 bits per heavy atom. The second-order valence-electron chi connectivity index (χ2n) is 9.15. The number of nitrogen functional groups attached to an aromatic ring is 1. The van der Waals surface area contributed by atoms with Crippen molar-refractivity contribution >= 4 is 5.69 Å². The van der Waals surface area contributed by atoms with Gasteiger partial charge in [0.25, 0.3) is 0 Å². The highest BCUT2D eigenvalue weighted by atomic mass is 14.6. The highest BCUT2D eigenvalue weighted by Gasteiger charge is 2.24. The van der Waals surface area contributed by atoms with Crippen LogP contribution in [0.2, 0.25) is 0 Å². The van der Waals surface area contributed by atoms with E-state index in [0.29, 0.717) is 0 Å². The Hall–Kier alpha value is -4.88. The zero-order valence-electron chi connectivity index (χ0n) is 20.5. The van der Waals surface area contributed by atoms with Crippen molar-refractivity contribution in [2.75, 3.05) is 5.73 Å². The van der Waals surface area contributed by atoms with Gasteiger partial charge in [0.1, 0.15) is 0 Å². The Kier molecular flexibility index (Phi) is 6.10. The third-order valence-corrected chi connectivity index (χ3v) is 6.85. The summed E-state index contributed by atoms with van der Waals surface area (Å²) >= 11 is 0. The van der Waals surface area contributed by atoms with Crippen molar-refractivity contribution in [1.82, 2.24) is 0 Å². The molecule has 37 heavy (non-hydrogen) atoms. The molecule has 0 aliphatic heterocycles. The summed E-state index contributed by atoms with van der Waals surface area (Å²) in [6, 6.07) is 53.3. The normalized spacial score (nSPS) is 10.8. The molecular weight excluding hydrogens is 446 g/mol. The summed E-state index contributed by atoms with van der Waals surface area (Å²) in [5.41, 5.74) is 19.0. The average molecular weight is 474 g/mol. The van der Waals surface area contributed by atoms with E-state index in [1.165, 1.54) is 38.9 Å². The fourth-order valence-corrected chi connectivity index (χ4v) is 5.19. The number of nitrogens with two attached hydrogens (primary N) is 1. The van der Waals surface area contributed by atoms with Gasteiger partial charge in [-0.1, -0.05) is 140 Å². The van der Waals surface area contributed by atoms with E-state index in [1.807, 2.05) is 12.1 Å². The van der Waals surface area contributed by atoms with Gasteiger partial charge >= 0.3 is 0 Å². The first-order valence-corrected chi connectivity index (χ1v) is 12.6. The molecule has 6 rings (SSSR count). The SMILES string of the molecule is Nc1ccccc1-c1cc(-c2ccccc2)c(-c2ccccc2)c(-c2ccccc2)c1-c1ccccc1. The van der Waals surface area contributed by atoms with Gasteiger partial charge in [0.05, 0.1) is 0 Å². The minimum Gasteiger partial charge on any atom is -0.398 e. The molecule has 0 unspecified atom stereocenters. The molecule has 6 aromatic rings. The molecule has 0 heterocycles. The molecule has 0 aliphatic rings. The van der Waals surface area contributed by atoms with E-state index in [4.69, 9.17) is 5.73 Å². The molecule has 0 bridgehead atoms. The van der Waals surface area contributed by atoms with Crippen LogP contribution in [-0.4, -0.2) is 0 Å². The molecule has 0 fully saturated rings. The van der Waals surface area contributed by atoms with Gasteiger partial charge < -0.3 is 5.73 Å². The van der Waals surface area contributed by atoms with E-state index in [1.54, 1.807) is 0 Å². The predicted molar refractivity (Wildman–Crippen MR) is 158 cm³/mol. The van der Waals surface area contributed by atoms with Crippen molar-refractivity contribution in [2.24, 2.45) is 0 Å². The molecule has 6 aromatic carbocycles. The molecule has 176 valence electrons. The van der Waals surface area contributed by atoms with E-state index in [0.717, 1.165) is 22.4 Å². The molecule has 0 saturated heterocycles. The van der Waals surface area contributed by atoms with Crippen LogP contribution in [0.5, 0.6) is 0 Å². The van der Waals surface area contributed by atoms with E-state index < -0.39 is 0 Å². The number of hydrogen-bond acceptors (Lipinski definition) is 1. The van der Waals surface area contributed by atoms with Crippen molar-refractivity contribution in [3.05, 3.63) is 152 Å². The summed E-state index contributed by atoms with van der Waals surface area (Å²) in [6.45, 7) is 0. The largest absolute Gasteiger partial charge is 0.398 e. The maximum atomic E-state index is 6.63. The summed E-state index contributed by atoms with van der Waals surface area (Å²) in [4.78, 5) is 0. The van der Waals surface area contributed by atoms with Crippen molar-refractivity contribution in [2.45, 2.75) is 0 Å². The Bertz CT molecular complexity index is 1640. The first kappa shape index (κ1) is 22.6. The molecule has 1 heteroatoms. The molecule has 0 aromatic heterocycles. The van der Waals surface area contributed by atoms with Gasteiger partial charge in [-0.15, -0.1) is 0 Å². The highest BCUT2D eigenvalue weighted by molar-refractivity contribution is 6.08. The predicted octanol–water partition coefficient (Wildman–Crippen LogP) is 9.60. The monoisotopic (exact) mass is 473 g/mol. The van der Waals surface area contributed by atoms with E-state index >= 15 is 0 Å². The molecule has 0 radical (unpaired) electrons. The van der Waals surface area contributed by atoms with Gasteiger partial charge in [0.2, 0.25) is 0 Å². The lowest BCUT2D eigenvalue weighted by Crippen LogP contribution is -1.99. The summed E-state index contributed by atoms with van der Waals surface area (Å²) < 4.78 is 0. The fourth-order valence-electron chi connectivity index (χ4n) is 5.19. The Morgan fingerprint density at radius 1 is 0.297 bits per heavy atom. The maximum Gasteiger partial charge on any atom is 0.0393 e. The molecule has 0 saturated carbocycles. The average Bonchev–Trinajstić information content (AvgIpc) is 2.98. The van der Waals surface area contributed by atoms with E-state index in [-0.39, 0.29) is 0 Å². The van der Waals surface area contributed by atoms with Crippen LogP contribution in [0, 0.1) is 0 Å². The maximum absolute atomic E-state index is 6.63. The number of anilines is 1. The van der Waals surface area contributed by atoms with E-state index in [2.05, 4.69) is 140 Å². The molecule has 0 aliphatic carbocycles. The molecule has 0 atom stereocenters. The summed E-state index contributed by atoms with van der Waals surface area (Å²) in [5, 5.41) is 0. The van der Waals surface area contributed by atoms with Gasteiger partial charge in [-0.3, -0.25) is 0 Å². The van der Waals surface area contributed by atoms with Crippen LogP contribution >= 0.6 is 0 Å². The van der Waals surface area contributed by atoms with Crippen molar-refractivity contribution in [1.29, 1.82) is 0 Å². The lowest BCUT2D eigenvalue weighted by atomic mass is 9.78. The van der Waals surface area contributed by atoms with Gasteiger partial charge in [-0.05, 0) is 62.2 Å². The number of hydrogen-bond donors (Lipinski definition) is 1. The first-order valence-electron chi connectivity index (χ1n) is 12.6. The molecule has 0 spiro atoms. The summed E-state index contributed by atoms with van der Waals surface area (Å²) in [5.74, 6) is 0. The summed E-state index contributed by atoms with van der Waals surface area (Å²) in [6.07, 6.45) is 0. The third-order valence-electron chi connectivity index (χ3n) is 6.85. The van der Waals surface area contributed by atoms with Gasteiger partial charge in [0, 0.05) is 11.3 Å². The van der Waals surface area contributed by atoms with Crippen LogP contribution in [-0.2, 0) is 0 Å². The topological polar surface area (TPSA) is 26.0 Å². The number of rotatable bonds is 5. The zero-order chi connectivity index (χ0) is 25.0. The third kappa shape index (κ3) is 4.32. The van der Waals surface area contributed by atoms with E-state index in [9.17, 15) is 0 Å². The highest BCUT2D eigenvalue weighted by Crippen LogP contribution is 2.50. The zero-order valence-corrected chi connectivity index (χ0v) is 20.5. The summed E-state index contributed by atoms with van der Waals surface area (Å²) in [7, 11) is 0. The Labute approximate surface area is 218 Å². The smallest absolute Gasteiger partial charge is 0.0393 e. The lowest BCUT2D eigenvalue weighted by Gasteiger charge is -2.25. The molecule has 0 amide bonds. The van der Waals surface area contributed by atoms with Crippen LogP contribution in [0.25, 0.3) is 55.6 Å². The Morgan fingerprint density at radius 2 is 0.676 bits per heavy atom. The molecule has 1 nitrogen and oxygen atoms in total. The standard InChI is InChI=1S/C36H27N/c37-33-24-14-13-23-30(33)32-25-31(26-15-5-1-6-16-26)34(27-17-7-2-8-18-27)36(29-21-11-4-12-22-29)35(32)28-19-9-3-10-20-28/h1-25H,37H2. The fraction of sp³-hybridized carbons (Fsp3) is 0.